The molecule has 0 saturated heterocycles. The van der Waals surface area contributed by atoms with Crippen molar-refractivity contribution in [2.45, 2.75) is 58.9 Å². The van der Waals surface area contributed by atoms with E-state index in [-0.39, 0.29) is 5.92 Å². The zero-order valence-electron chi connectivity index (χ0n) is 15.6. The first-order chi connectivity index (χ1) is 12.0. The molecular weight excluding hydrogens is 318 g/mol. The highest BCUT2D eigenvalue weighted by Gasteiger charge is 2.23. The quantitative estimate of drug-likeness (QED) is 0.482. The first-order valence-electron chi connectivity index (χ1n) is 9.16. The van der Waals surface area contributed by atoms with Crippen LogP contribution in [-0.4, -0.2) is 31.3 Å². The molecule has 0 fully saturated rings. The average Bonchev–Trinajstić information content (AvgIpc) is 2.60. The van der Waals surface area contributed by atoms with Gasteiger partial charge in [0.15, 0.2) is 0 Å². The lowest BCUT2D eigenvalue weighted by molar-refractivity contribution is -0.146. The van der Waals surface area contributed by atoms with Crippen LogP contribution in [0.2, 0.25) is 0 Å². The third-order valence-corrected chi connectivity index (χ3v) is 3.65. The summed E-state index contributed by atoms with van der Waals surface area (Å²) < 4.78 is 10.5. The Hall–Kier alpha value is -2.04. The smallest absolute Gasteiger partial charge is 0.407 e. The molecule has 0 heterocycles. The van der Waals surface area contributed by atoms with Gasteiger partial charge in [-0.1, -0.05) is 70.4 Å². The Balaban J connectivity index is 2.57. The summed E-state index contributed by atoms with van der Waals surface area (Å²) in [5.41, 5.74) is 0.958. The Bertz CT molecular complexity index is 502. The largest absolute Gasteiger partial charge is 0.464 e. The predicted octanol–water partition coefficient (Wildman–Crippen LogP) is 4.10. The topological polar surface area (TPSA) is 64.6 Å². The first kappa shape index (κ1) is 21.0. The molecule has 0 aliphatic heterocycles. The molecule has 0 aliphatic rings. The van der Waals surface area contributed by atoms with Gasteiger partial charge in [-0.25, -0.2) is 9.59 Å². The van der Waals surface area contributed by atoms with Crippen LogP contribution in [0.5, 0.6) is 0 Å². The second kappa shape index (κ2) is 12.3. The lowest BCUT2D eigenvalue weighted by Gasteiger charge is -2.18. The van der Waals surface area contributed by atoms with Gasteiger partial charge < -0.3 is 14.8 Å². The third kappa shape index (κ3) is 9.75. The van der Waals surface area contributed by atoms with E-state index in [1.165, 1.54) is 0 Å². The van der Waals surface area contributed by atoms with Crippen LogP contribution in [0.1, 0.15) is 52.0 Å². The molecule has 5 nitrogen and oxygen atoms in total. The molecule has 1 N–H and O–H groups in total. The zero-order valence-corrected chi connectivity index (χ0v) is 15.6. The van der Waals surface area contributed by atoms with E-state index in [1.807, 2.05) is 44.2 Å². The number of carbonyl (C=O) groups is 2. The molecule has 0 aliphatic carbocycles. The normalized spacial score (nSPS) is 11.8. The van der Waals surface area contributed by atoms with E-state index >= 15 is 0 Å². The van der Waals surface area contributed by atoms with Crippen molar-refractivity contribution in [3.8, 4) is 0 Å². The number of amides is 1. The van der Waals surface area contributed by atoms with Crippen molar-refractivity contribution < 1.29 is 19.1 Å². The summed E-state index contributed by atoms with van der Waals surface area (Å²) >= 11 is 0. The maximum absolute atomic E-state index is 12.4. The Morgan fingerprint density at radius 3 is 2.40 bits per heavy atom. The molecule has 1 amide bonds. The summed E-state index contributed by atoms with van der Waals surface area (Å²) in [6.07, 6.45) is 3.94. The molecule has 1 atom stereocenters. The third-order valence-electron chi connectivity index (χ3n) is 3.65. The van der Waals surface area contributed by atoms with E-state index in [4.69, 9.17) is 9.47 Å². The summed E-state index contributed by atoms with van der Waals surface area (Å²) in [7, 11) is 0. The molecule has 1 rings (SSSR count). The highest BCUT2D eigenvalue weighted by molar-refractivity contribution is 5.81. The number of alkyl carbamates (subject to hydrolysis) is 1. The van der Waals surface area contributed by atoms with E-state index < -0.39 is 18.1 Å². The number of hydrogen-bond acceptors (Lipinski definition) is 4. The van der Waals surface area contributed by atoms with E-state index in [9.17, 15) is 9.59 Å². The van der Waals surface area contributed by atoms with Crippen molar-refractivity contribution in [1.82, 2.24) is 5.32 Å². The highest BCUT2D eigenvalue weighted by atomic mass is 16.6. The van der Waals surface area contributed by atoms with Gasteiger partial charge in [0.1, 0.15) is 6.04 Å². The minimum Gasteiger partial charge on any atom is -0.464 e. The number of unbranched alkanes of at least 4 members (excludes halogenated alkanes) is 3. The fraction of sp³-hybridized carbons (Fsp3) is 0.600. The number of rotatable bonds is 11. The Kier molecular flexibility index (Phi) is 10.4. The van der Waals surface area contributed by atoms with E-state index in [0.29, 0.717) is 19.6 Å². The number of hydrogen-bond donors (Lipinski definition) is 1. The molecule has 1 unspecified atom stereocenters. The van der Waals surface area contributed by atoms with Crippen LogP contribution in [0.4, 0.5) is 4.79 Å². The molecule has 0 spiro atoms. The SMILES string of the molecule is CCCCCCOC(=O)C(Cc1ccccc1)NC(=O)OCC(C)C. The zero-order chi connectivity index (χ0) is 18.5. The molecule has 0 bridgehead atoms. The molecule has 1 aromatic carbocycles. The van der Waals surface area contributed by atoms with Crippen molar-refractivity contribution in [2.75, 3.05) is 13.2 Å². The van der Waals surface area contributed by atoms with Gasteiger partial charge in [0, 0.05) is 6.42 Å². The van der Waals surface area contributed by atoms with E-state index in [2.05, 4.69) is 12.2 Å². The Labute approximate surface area is 151 Å². The van der Waals surface area contributed by atoms with Gasteiger partial charge in [-0.3, -0.25) is 0 Å². The molecule has 5 heteroatoms. The van der Waals surface area contributed by atoms with Gasteiger partial charge in [-0.2, -0.15) is 0 Å². The van der Waals surface area contributed by atoms with Crippen molar-refractivity contribution in [2.24, 2.45) is 5.92 Å². The lowest BCUT2D eigenvalue weighted by atomic mass is 10.1. The van der Waals surface area contributed by atoms with Crippen LogP contribution in [0, 0.1) is 5.92 Å². The summed E-state index contributed by atoms with van der Waals surface area (Å²) in [6, 6.07) is 8.81. The second-order valence-corrected chi connectivity index (χ2v) is 6.61. The summed E-state index contributed by atoms with van der Waals surface area (Å²) in [6.45, 7) is 6.75. The van der Waals surface area contributed by atoms with Gasteiger partial charge in [-0.05, 0) is 17.9 Å². The fourth-order valence-electron chi connectivity index (χ4n) is 2.27. The molecular formula is C20H31NO4. The second-order valence-electron chi connectivity index (χ2n) is 6.61. The van der Waals surface area contributed by atoms with Gasteiger partial charge in [-0.15, -0.1) is 0 Å². The van der Waals surface area contributed by atoms with Crippen molar-refractivity contribution in [3.05, 3.63) is 35.9 Å². The van der Waals surface area contributed by atoms with E-state index in [1.54, 1.807) is 0 Å². The van der Waals surface area contributed by atoms with Crippen LogP contribution in [0.15, 0.2) is 30.3 Å². The van der Waals surface area contributed by atoms with Gasteiger partial charge >= 0.3 is 12.1 Å². The van der Waals surface area contributed by atoms with E-state index in [0.717, 1.165) is 31.2 Å². The standard InChI is InChI=1S/C20H31NO4/c1-4-5-6-10-13-24-19(22)18(14-17-11-8-7-9-12-17)21-20(23)25-15-16(2)3/h7-9,11-12,16,18H,4-6,10,13-15H2,1-3H3,(H,21,23). The Morgan fingerprint density at radius 1 is 1.04 bits per heavy atom. The minimum absolute atomic E-state index is 0.240. The number of carbonyl (C=O) groups excluding carboxylic acids is 2. The molecule has 0 aromatic heterocycles. The lowest BCUT2D eigenvalue weighted by Crippen LogP contribution is -2.44. The van der Waals surface area contributed by atoms with Gasteiger partial charge in [0.25, 0.3) is 0 Å². The Morgan fingerprint density at radius 2 is 1.76 bits per heavy atom. The molecule has 0 saturated carbocycles. The number of esters is 1. The van der Waals surface area contributed by atoms with Crippen LogP contribution >= 0.6 is 0 Å². The number of ether oxygens (including phenoxy) is 2. The van der Waals surface area contributed by atoms with Gasteiger partial charge in [0.2, 0.25) is 0 Å². The van der Waals surface area contributed by atoms with Gasteiger partial charge in [0.05, 0.1) is 13.2 Å². The summed E-state index contributed by atoms with van der Waals surface area (Å²) in [4.78, 5) is 24.3. The molecule has 25 heavy (non-hydrogen) atoms. The molecule has 1 aromatic rings. The molecule has 0 radical (unpaired) electrons. The molecule has 140 valence electrons. The number of nitrogens with one attached hydrogen (secondary N) is 1. The maximum atomic E-state index is 12.4. The van der Waals surface area contributed by atoms with Crippen LogP contribution in [-0.2, 0) is 20.7 Å². The van der Waals surface area contributed by atoms with Crippen LogP contribution in [0.3, 0.4) is 0 Å². The minimum atomic E-state index is -0.742. The highest BCUT2D eigenvalue weighted by Crippen LogP contribution is 2.07. The maximum Gasteiger partial charge on any atom is 0.407 e. The van der Waals surface area contributed by atoms with Crippen molar-refractivity contribution in [1.29, 1.82) is 0 Å². The van der Waals surface area contributed by atoms with Crippen LogP contribution in [0.25, 0.3) is 0 Å². The average molecular weight is 349 g/mol. The number of benzene rings is 1. The van der Waals surface area contributed by atoms with Crippen molar-refractivity contribution >= 4 is 12.1 Å². The van der Waals surface area contributed by atoms with Crippen LogP contribution < -0.4 is 5.32 Å². The monoisotopic (exact) mass is 349 g/mol. The summed E-state index contributed by atoms with van der Waals surface area (Å²) in [5.74, 6) is -0.175. The predicted molar refractivity (Wildman–Crippen MR) is 98.4 cm³/mol. The fourth-order valence-corrected chi connectivity index (χ4v) is 2.27. The first-order valence-corrected chi connectivity index (χ1v) is 9.16. The van der Waals surface area contributed by atoms with Crippen molar-refractivity contribution in [3.63, 3.8) is 0 Å². The summed E-state index contributed by atoms with van der Waals surface area (Å²) in [5, 5.41) is 2.64.